The summed E-state index contributed by atoms with van der Waals surface area (Å²) in [5.41, 5.74) is -0.795. The first-order chi connectivity index (χ1) is 8.69. The minimum absolute atomic E-state index is 0.132. The fourth-order valence-electron chi connectivity index (χ4n) is 1.68. The van der Waals surface area contributed by atoms with Gasteiger partial charge in [0.25, 0.3) is 0 Å². The average Bonchev–Trinajstić information content (AvgIpc) is 2.60. The van der Waals surface area contributed by atoms with E-state index < -0.39 is 11.5 Å². The van der Waals surface area contributed by atoms with Crippen LogP contribution in [0.4, 0.5) is 4.79 Å². The molecule has 0 saturated heterocycles. The number of furan rings is 1. The number of amides is 2. The van der Waals surface area contributed by atoms with E-state index in [1.807, 2.05) is 19.1 Å². The topological polar surface area (TPSA) is 82.8 Å². The number of carboxylic acid groups (broad SMARTS) is 1. The highest BCUT2D eigenvalue weighted by molar-refractivity contribution is 5.76. The van der Waals surface area contributed by atoms with Crippen LogP contribution in [0, 0.1) is 6.92 Å². The predicted octanol–water partition coefficient (Wildman–Crippen LogP) is 1.98. The Hall–Kier alpha value is -1.98. The maximum atomic E-state index is 11.9. The smallest absolute Gasteiger partial charge is 0.317 e. The van der Waals surface area contributed by atoms with Crippen LogP contribution in [0.25, 0.3) is 0 Å². The van der Waals surface area contributed by atoms with Crippen molar-refractivity contribution in [1.29, 1.82) is 0 Å². The van der Waals surface area contributed by atoms with Crippen LogP contribution in [0.3, 0.4) is 0 Å². The number of urea groups is 1. The van der Waals surface area contributed by atoms with E-state index in [1.54, 1.807) is 20.9 Å². The number of aliphatic carboxylic acids is 1. The Balaban J connectivity index is 2.55. The van der Waals surface area contributed by atoms with Gasteiger partial charge in [-0.2, -0.15) is 0 Å². The molecule has 0 aliphatic carbocycles. The summed E-state index contributed by atoms with van der Waals surface area (Å²) in [7, 11) is 1.63. The lowest BCUT2D eigenvalue weighted by Crippen LogP contribution is -2.49. The Bertz CT molecular complexity index is 465. The Morgan fingerprint density at radius 1 is 1.42 bits per heavy atom. The molecule has 0 unspecified atom stereocenters. The Kier molecular flexibility index (Phi) is 4.58. The first-order valence-electron chi connectivity index (χ1n) is 6.00. The van der Waals surface area contributed by atoms with E-state index in [1.165, 1.54) is 4.90 Å². The summed E-state index contributed by atoms with van der Waals surface area (Å²) in [4.78, 5) is 24.1. The monoisotopic (exact) mass is 268 g/mol. The zero-order valence-corrected chi connectivity index (χ0v) is 11.7. The van der Waals surface area contributed by atoms with Crippen molar-refractivity contribution in [3.05, 3.63) is 23.7 Å². The third kappa shape index (κ3) is 5.03. The van der Waals surface area contributed by atoms with Gasteiger partial charge in [-0.05, 0) is 32.9 Å². The first-order valence-corrected chi connectivity index (χ1v) is 6.00. The molecule has 0 radical (unpaired) electrons. The number of carbonyl (C=O) groups is 2. The lowest BCUT2D eigenvalue weighted by Gasteiger charge is -2.27. The van der Waals surface area contributed by atoms with Crippen LogP contribution in [-0.2, 0) is 11.3 Å². The molecular formula is C13H20N2O4. The molecule has 1 heterocycles. The van der Waals surface area contributed by atoms with Crippen molar-refractivity contribution < 1.29 is 19.1 Å². The van der Waals surface area contributed by atoms with Crippen molar-refractivity contribution in [3.63, 3.8) is 0 Å². The van der Waals surface area contributed by atoms with Crippen LogP contribution in [0.1, 0.15) is 31.8 Å². The number of hydrogen-bond acceptors (Lipinski definition) is 3. The molecule has 0 aliphatic rings. The molecule has 0 aliphatic heterocycles. The molecule has 1 aromatic rings. The SMILES string of the molecule is Cc1ccc(CN(C)C(=O)NC(C)(C)CC(=O)O)o1. The van der Waals surface area contributed by atoms with Gasteiger partial charge >= 0.3 is 12.0 Å². The first kappa shape index (κ1) is 15.1. The lowest BCUT2D eigenvalue weighted by atomic mass is 10.0. The fraction of sp³-hybridized carbons (Fsp3) is 0.538. The minimum Gasteiger partial charge on any atom is -0.481 e. The summed E-state index contributed by atoms with van der Waals surface area (Å²) >= 11 is 0. The predicted molar refractivity (Wildman–Crippen MR) is 69.8 cm³/mol. The zero-order chi connectivity index (χ0) is 14.6. The van der Waals surface area contributed by atoms with Gasteiger partial charge in [-0.25, -0.2) is 4.79 Å². The number of carbonyl (C=O) groups excluding carboxylic acids is 1. The molecule has 0 saturated carbocycles. The lowest BCUT2D eigenvalue weighted by molar-refractivity contribution is -0.138. The molecule has 1 aromatic heterocycles. The van der Waals surface area contributed by atoms with E-state index in [0.717, 1.165) is 5.76 Å². The molecule has 0 spiro atoms. The van der Waals surface area contributed by atoms with Crippen LogP contribution in [0.15, 0.2) is 16.5 Å². The summed E-state index contributed by atoms with van der Waals surface area (Å²) in [6.45, 7) is 5.51. The Morgan fingerprint density at radius 2 is 2.05 bits per heavy atom. The third-order valence-electron chi connectivity index (χ3n) is 2.57. The Labute approximate surface area is 112 Å². The number of hydrogen-bond donors (Lipinski definition) is 2. The van der Waals surface area contributed by atoms with Crippen molar-refractivity contribution in [2.45, 2.75) is 39.3 Å². The van der Waals surface area contributed by atoms with Crippen molar-refractivity contribution in [1.82, 2.24) is 10.2 Å². The second-order valence-corrected chi connectivity index (χ2v) is 5.25. The number of nitrogens with one attached hydrogen (secondary N) is 1. The third-order valence-corrected chi connectivity index (χ3v) is 2.57. The summed E-state index contributed by atoms with van der Waals surface area (Å²) in [6, 6.07) is 3.30. The number of aryl methyl sites for hydroxylation is 1. The van der Waals surface area contributed by atoms with Gasteiger partial charge in [-0.15, -0.1) is 0 Å². The second kappa shape index (κ2) is 5.77. The van der Waals surface area contributed by atoms with Crippen LogP contribution in [0.5, 0.6) is 0 Å². The highest BCUT2D eigenvalue weighted by Crippen LogP contribution is 2.11. The van der Waals surface area contributed by atoms with Gasteiger partial charge in [0.2, 0.25) is 0 Å². The molecule has 0 bridgehead atoms. The standard InChI is InChI=1S/C13H20N2O4/c1-9-5-6-10(19-9)8-15(4)12(18)14-13(2,3)7-11(16)17/h5-6H,7-8H2,1-4H3,(H,14,18)(H,16,17). The largest absolute Gasteiger partial charge is 0.481 e. The van der Waals surface area contributed by atoms with Gasteiger partial charge in [-0.3, -0.25) is 4.79 Å². The molecular weight excluding hydrogens is 248 g/mol. The quantitative estimate of drug-likeness (QED) is 0.855. The summed E-state index contributed by atoms with van der Waals surface area (Å²) < 4.78 is 5.38. The number of carboxylic acids is 1. The highest BCUT2D eigenvalue weighted by Gasteiger charge is 2.25. The van der Waals surface area contributed by atoms with Crippen LogP contribution >= 0.6 is 0 Å². The maximum absolute atomic E-state index is 11.9. The van der Waals surface area contributed by atoms with Gasteiger partial charge in [-0.1, -0.05) is 0 Å². The highest BCUT2D eigenvalue weighted by atomic mass is 16.4. The van der Waals surface area contributed by atoms with Gasteiger partial charge in [0.15, 0.2) is 0 Å². The molecule has 0 fully saturated rings. The van der Waals surface area contributed by atoms with E-state index in [0.29, 0.717) is 12.3 Å². The maximum Gasteiger partial charge on any atom is 0.317 e. The van der Waals surface area contributed by atoms with Gasteiger partial charge in [0.05, 0.1) is 13.0 Å². The van der Waals surface area contributed by atoms with Gasteiger partial charge < -0.3 is 19.7 Å². The van der Waals surface area contributed by atoms with E-state index in [9.17, 15) is 9.59 Å². The summed E-state index contributed by atoms with van der Waals surface area (Å²) in [5.74, 6) is 0.524. The fourth-order valence-corrected chi connectivity index (χ4v) is 1.68. The molecule has 106 valence electrons. The van der Waals surface area contributed by atoms with Crippen LogP contribution in [-0.4, -0.2) is 34.6 Å². The molecule has 1 rings (SSSR count). The van der Waals surface area contributed by atoms with E-state index in [2.05, 4.69) is 5.32 Å². The molecule has 6 heteroatoms. The van der Waals surface area contributed by atoms with Crippen molar-refractivity contribution in [2.24, 2.45) is 0 Å². The Morgan fingerprint density at radius 3 is 2.53 bits per heavy atom. The van der Waals surface area contributed by atoms with Crippen LogP contribution in [0.2, 0.25) is 0 Å². The molecule has 2 N–H and O–H groups in total. The molecule has 19 heavy (non-hydrogen) atoms. The van der Waals surface area contributed by atoms with Crippen molar-refractivity contribution in [3.8, 4) is 0 Å². The van der Waals surface area contributed by atoms with E-state index in [4.69, 9.17) is 9.52 Å². The molecule has 0 atom stereocenters. The van der Waals surface area contributed by atoms with Crippen molar-refractivity contribution in [2.75, 3.05) is 7.05 Å². The second-order valence-electron chi connectivity index (χ2n) is 5.25. The van der Waals surface area contributed by atoms with Gasteiger partial charge in [0, 0.05) is 12.6 Å². The molecule has 0 aromatic carbocycles. The summed E-state index contributed by atoms with van der Waals surface area (Å²) in [6.07, 6.45) is -0.132. The molecule has 2 amide bonds. The van der Waals surface area contributed by atoms with Crippen molar-refractivity contribution >= 4 is 12.0 Å². The summed E-state index contributed by atoms with van der Waals surface area (Å²) in [5, 5.41) is 11.4. The normalized spacial score (nSPS) is 11.2. The average molecular weight is 268 g/mol. The minimum atomic E-state index is -0.949. The van der Waals surface area contributed by atoms with E-state index >= 15 is 0 Å². The number of rotatable bonds is 5. The van der Waals surface area contributed by atoms with Crippen LogP contribution < -0.4 is 5.32 Å². The molecule has 6 nitrogen and oxygen atoms in total. The zero-order valence-electron chi connectivity index (χ0n) is 11.7. The van der Waals surface area contributed by atoms with E-state index in [-0.39, 0.29) is 12.5 Å². The van der Waals surface area contributed by atoms with Gasteiger partial charge in [0.1, 0.15) is 11.5 Å². The number of nitrogens with zero attached hydrogens (tertiary/aromatic N) is 1.